The summed E-state index contributed by atoms with van der Waals surface area (Å²) < 4.78 is 0. The van der Waals surface area contributed by atoms with Crippen molar-refractivity contribution in [3.8, 4) is 0 Å². The Morgan fingerprint density at radius 3 is 2.61 bits per heavy atom. The van der Waals surface area contributed by atoms with E-state index in [0.29, 0.717) is 0 Å². The Morgan fingerprint density at radius 1 is 1.22 bits per heavy atom. The van der Waals surface area contributed by atoms with E-state index in [9.17, 15) is 0 Å². The van der Waals surface area contributed by atoms with Crippen molar-refractivity contribution in [3.63, 3.8) is 0 Å². The molecule has 1 aromatic carbocycles. The first-order chi connectivity index (χ1) is 8.81. The van der Waals surface area contributed by atoms with Crippen LogP contribution in [0.5, 0.6) is 0 Å². The molecule has 1 aromatic rings. The Bertz CT molecular complexity index is 345. The lowest BCUT2D eigenvalue weighted by Gasteiger charge is -2.16. The third kappa shape index (κ3) is 3.82. The molecule has 1 atom stereocenters. The van der Waals surface area contributed by atoms with E-state index in [4.69, 9.17) is 0 Å². The highest BCUT2D eigenvalue weighted by Gasteiger charge is 2.21. The number of benzene rings is 1. The van der Waals surface area contributed by atoms with Crippen LogP contribution in [0.3, 0.4) is 0 Å². The van der Waals surface area contributed by atoms with E-state index in [0.717, 1.165) is 19.0 Å². The van der Waals surface area contributed by atoms with Gasteiger partial charge in [0.05, 0.1) is 0 Å². The Morgan fingerprint density at radius 2 is 1.94 bits per heavy atom. The summed E-state index contributed by atoms with van der Waals surface area (Å²) in [7, 11) is 1.99. The minimum absolute atomic E-state index is 0.943. The lowest BCUT2D eigenvalue weighted by atomic mass is 10.0. The van der Waals surface area contributed by atoms with Gasteiger partial charge >= 0.3 is 0 Å². The van der Waals surface area contributed by atoms with E-state index in [1.54, 1.807) is 0 Å². The molecule has 1 heterocycles. The number of likely N-dealkylation sites (tertiary alicyclic amines) is 1. The van der Waals surface area contributed by atoms with Gasteiger partial charge in [-0.3, -0.25) is 4.90 Å². The highest BCUT2D eigenvalue weighted by Crippen LogP contribution is 2.22. The van der Waals surface area contributed by atoms with Crippen LogP contribution >= 0.6 is 0 Å². The first kappa shape index (κ1) is 13.6. The molecule has 18 heavy (non-hydrogen) atoms. The van der Waals surface area contributed by atoms with E-state index in [1.165, 1.54) is 43.5 Å². The minimum atomic E-state index is 0.943. The first-order valence-electron chi connectivity index (χ1n) is 7.26. The van der Waals surface area contributed by atoms with Gasteiger partial charge in [0.15, 0.2) is 0 Å². The fourth-order valence-electron chi connectivity index (χ4n) is 2.93. The van der Waals surface area contributed by atoms with Crippen molar-refractivity contribution in [2.45, 2.75) is 39.3 Å². The van der Waals surface area contributed by atoms with Crippen LogP contribution in [0, 0.1) is 5.92 Å². The number of rotatable bonds is 6. The van der Waals surface area contributed by atoms with Crippen molar-refractivity contribution in [3.05, 3.63) is 35.4 Å². The highest BCUT2D eigenvalue weighted by atomic mass is 15.1. The summed E-state index contributed by atoms with van der Waals surface area (Å²) in [6.45, 7) is 6.96. The summed E-state index contributed by atoms with van der Waals surface area (Å²) >= 11 is 0. The molecule has 0 aromatic heterocycles. The van der Waals surface area contributed by atoms with Crippen LogP contribution in [0.4, 0.5) is 0 Å². The van der Waals surface area contributed by atoms with E-state index in [2.05, 4.69) is 41.4 Å². The summed E-state index contributed by atoms with van der Waals surface area (Å²) in [6.07, 6.45) is 4.13. The van der Waals surface area contributed by atoms with E-state index in [1.807, 2.05) is 7.05 Å². The van der Waals surface area contributed by atoms with Crippen molar-refractivity contribution in [1.82, 2.24) is 10.2 Å². The second-order valence-corrected chi connectivity index (χ2v) is 5.53. The fraction of sp³-hybridized carbons (Fsp3) is 0.625. The average Bonchev–Trinajstić information content (AvgIpc) is 2.80. The van der Waals surface area contributed by atoms with Gasteiger partial charge in [-0.25, -0.2) is 0 Å². The van der Waals surface area contributed by atoms with Gasteiger partial charge in [0, 0.05) is 19.6 Å². The Balaban J connectivity index is 1.82. The van der Waals surface area contributed by atoms with Crippen molar-refractivity contribution in [2.75, 3.05) is 20.1 Å². The summed E-state index contributed by atoms with van der Waals surface area (Å²) in [5.74, 6) is 0.943. The van der Waals surface area contributed by atoms with Gasteiger partial charge in [-0.2, -0.15) is 0 Å². The van der Waals surface area contributed by atoms with Crippen molar-refractivity contribution < 1.29 is 0 Å². The Hall–Kier alpha value is -0.860. The number of nitrogens with zero attached hydrogens (tertiary/aromatic N) is 1. The van der Waals surface area contributed by atoms with Gasteiger partial charge in [0.2, 0.25) is 0 Å². The molecule has 0 amide bonds. The molecule has 1 N–H and O–H groups in total. The molecule has 1 saturated heterocycles. The quantitative estimate of drug-likeness (QED) is 0.830. The van der Waals surface area contributed by atoms with Crippen molar-refractivity contribution in [1.29, 1.82) is 0 Å². The largest absolute Gasteiger partial charge is 0.316 e. The lowest BCUT2D eigenvalue weighted by Crippen LogP contribution is -2.20. The van der Waals surface area contributed by atoms with Crippen LogP contribution in [-0.2, 0) is 13.1 Å². The van der Waals surface area contributed by atoms with Crippen LogP contribution in [0.2, 0.25) is 0 Å². The minimum Gasteiger partial charge on any atom is -0.316 e. The van der Waals surface area contributed by atoms with Crippen LogP contribution < -0.4 is 5.32 Å². The van der Waals surface area contributed by atoms with Gasteiger partial charge in [-0.1, -0.05) is 37.6 Å². The monoisotopic (exact) mass is 246 g/mol. The Labute approximate surface area is 111 Å². The van der Waals surface area contributed by atoms with E-state index < -0.39 is 0 Å². The number of hydrogen-bond acceptors (Lipinski definition) is 2. The molecule has 0 aliphatic carbocycles. The first-order valence-corrected chi connectivity index (χ1v) is 7.26. The molecule has 1 aliphatic heterocycles. The molecular weight excluding hydrogens is 220 g/mol. The summed E-state index contributed by atoms with van der Waals surface area (Å²) in [5, 5.41) is 3.19. The van der Waals surface area contributed by atoms with Crippen LogP contribution in [0.15, 0.2) is 24.3 Å². The average molecular weight is 246 g/mol. The van der Waals surface area contributed by atoms with Crippen LogP contribution in [0.25, 0.3) is 0 Å². The Kier molecular flexibility index (Phi) is 5.21. The highest BCUT2D eigenvalue weighted by molar-refractivity contribution is 5.22. The summed E-state index contributed by atoms with van der Waals surface area (Å²) in [4.78, 5) is 2.60. The topological polar surface area (TPSA) is 15.3 Å². The molecule has 1 aliphatic rings. The third-order valence-electron chi connectivity index (χ3n) is 3.88. The SMILES string of the molecule is CCCC1CCN(Cc2ccc(CNC)cc2)C1. The van der Waals surface area contributed by atoms with Gasteiger partial charge in [0.25, 0.3) is 0 Å². The van der Waals surface area contributed by atoms with Gasteiger partial charge < -0.3 is 5.32 Å². The zero-order chi connectivity index (χ0) is 12.8. The molecule has 2 nitrogen and oxygen atoms in total. The second-order valence-electron chi connectivity index (χ2n) is 5.53. The molecule has 0 radical (unpaired) electrons. The van der Waals surface area contributed by atoms with E-state index in [-0.39, 0.29) is 0 Å². The maximum absolute atomic E-state index is 3.19. The molecule has 0 spiro atoms. The van der Waals surface area contributed by atoms with Gasteiger partial charge in [-0.15, -0.1) is 0 Å². The predicted octanol–water partition coefficient (Wildman–Crippen LogP) is 3.03. The molecule has 1 fully saturated rings. The second kappa shape index (κ2) is 6.91. The van der Waals surface area contributed by atoms with Gasteiger partial charge in [-0.05, 0) is 43.5 Å². The maximum atomic E-state index is 3.19. The lowest BCUT2D eigenvalue weighted by molar-refractivity contribution is 0.313. The maximum Gasteiger partial charge on any atom is 0.0233 e. The summed E-state index contributed by atoms with van der Waals surface area (Å²) in [6, 6.07) is 9.04. The van der Waals surface area contributed by atoms with E-state index >= 15 is 0 Å². The zero-order valence-corrected chi connectivity index (χ0v) is 11.8. The molecule has 100 valence electrons. The normalized spacial score (nSPS) is 20.4. The predicted molar refractivity (Wildman–Crippen MR) is 77.5 cm³/mol. The molecule has 0 bridgehead atoms. The van der Waals surface area contributed by atoms with Crippen LogP contribution in [0.1, 0.15) is 37.3 Å². The van der Waals surface area contributed by atoms with Crippen LogP contribution in [-0.4, -0.2) is 25.0 Å². The number of hydrogen-bond donors (Lipinski definition) is 1. The molecule has 2 heteroatoms. The molecular formula is C16H26N2. The molecule has 1 unspecified atom stereocenters. The standard InChI is InChI=1S/C16H26N2/c1-3-4-15-9-10-18(12-15)13-16-7-5-14(6-8-16)11-17-2/h5-8,15,17H,3-4,9-13H2,1-2H3. The molecule has 2 rings (SSSR count). The third-order valence-corrected chi connectivity index (χ3v) is 3.88. The molecule has 0 saturated carbocycles. The zero-order valence-electron chi connectivity index (χ0n) is 11.8. The summed E-state index contributed by atoms with van der Waals surface area (Å²) in [5.41, 5.74) is 2.82. The number of nitrogens with one attached hydrogen (secondary N) is 1. The van der Waals surface area contributed by atoms with Crippen molar-refractivity contribution in [2.24, 2.45) is 5.92 Å². The van der Waals surface area contributed by atoms with Gasteiger partial charge in [0.1, 0.15) is 0 Å². The van der Waals surface area contributed by atoms with Crippen molar-refractivity contribution >= 4 is 0 Å². The smallest absolute Gasteiger partial charge is 0.0233 e. The fourth-order valence-corrected chi connectivity index (χ4v) is 2.93.